The first-order valence-corrected chi connectivity index (χ1v) is 7.38. The van der Waals surface area contributed by atoms with Gasteiger partial charge in [0.1, 0.15) is 11.5 Å². The maximum Gasteiger partial charge on any atom is 0.191 e. The van der Waals surface area contributed by atoms with Crippen LogP contribution in [0.1, 0.15) is 10.4 Å². The van der Waals surface area contributed by atoms with E-state index in [2.05, 4.69) is 21.2 Å². The summed E-state index contributed by atoms with van der Waals surface area (Å²) in [5.74, 6) is 0.956. The third kappa shape index (κ3) is 4.11. The van der Waals surface area contributed by atoms with Crippen molar-refractivity contribution < 1.29 is 14.3 Å². The van der Waals surface area contributed by atoms with E-state index in [9.17, 15) is 4.79 Å². The second-order valence-electron chi connectivity index (χ2n) is 4.42. The van der Waals surface area contributed by atoms with E-state index >= 15 is 0 Å². The molecule has 0 saturated carbocycles. The first kappa shape index (κ1) is 16.1. The standard InChI is InChI=1S/C17H16BrNO3/c1-21-14-7-8-17(22-2)15(11-14)16(20)9-10-19-13-5-3-12(18)4-6-13/h3-11,19H,1-2H3. The van der Waals surface area contributed by atoms with Crippen LogP contribution in [-0.2, 0) is 0 Å². The van der Waals surface area contributed by atoms with E-state index in [4.69, 9.17) is 9.47 Å². The smallest absolute Gasteiger partial charge is 0.191 e. The average Bonchev–Trinajstić information content (AvgIpc) is 2.56. The topological polar surface area (TPSA) is 47.6 Å². The van der Waals surface area contributed by atoms with Crippen LogP contribution in [0.25, 0.3) is 0 Å². The summed E-state index contributed by atoms with van der Waals surface area (Å²) in [6.07, 6.45) is 3.06. The van der Waals surface area contributed by atoms with E-state index < -0.39 is 0 Å². The maximum absolute atomic E-state index is 12.3. The molecular weight excluding hydrogens is 346 g/mol. The van der Waals surface area contributed by atoms with Crippen molar-refractivity contribution in [3.8, 4) is 11.5 Å². The van der Waals surface area contributed by atoms with Gasteiger partial charge in [-0.25, -0.2) is 0 Å². The van der Waals surface area contributed by atoms with Crippen molar-refractivity contribution in [2.45, 2.75) is 0 Å². The van der Waals surface area contributed by atoms with E-state index in [-0.39, 0.29) is 5.78 Å². The molecule has 0 spiro atoms. The Labute approximate surface area is 137 Å². The number of anilines is 1. The monoisotopic (exact) mass is 361 g/mol. The zero-order valence-corrected chi connectivity index (χ0v) is 13.9. The Balaban J connectivity index is 2.11. The molecule has 1 N–H and O–H groups in total. The minimum atomic E-state index is -0.166. The Morgan fingerprint density at radius 1 is 1.09 bits per heavy atom. The van der Waals surface area contributed by atoms with Crippen molar-refractivity contribution in [1.82, 2.24) is 0 Å². The highest BCUT2D eigenvalue weighted by molar-refractivity contribution is 9.10. The van der Waals surface area contributed by atoms with Crippen LogP contribution >= 0.6 is 15.9 Å². The van der Waals surface area contributed by atoms with Gasteiger partial charge in [0.2, 0.25) is 0 Å². The van der Waals surface area contributed by atoms with Crippen LogP contribution in [0.15, 0.2) is 59.2 Å². The summed E-state index contributed by atoms with van der Waals surface area (Å²) in [5, 5.41) is 3.04. The number of hydrogen-bond acceptors (Lipinski definition) is 4. The van der Waals surface area contributed by atoms with Gasteiger partial charge in [0.05, 0.1) is 19.8 Å². The normalized spacial score (nSPS) is 10.5. The molecule has 0 aliphatic carbocycles. The van der Waals surface area contributed by atoms with Crippen LogP contribution in [0, 0.1) is 0 Å². The lowest BCUT2D eigenvalue weighted by Crippen LogP contribution is -2.01. The van der Waals surface area contributed by atoms with E-state index in [1.165, 1.54) is 13.2 Å². The van der Waals surface area contributed by atoms with Gasteiger partial charge < -0.3 is 14.8 Å². The predicted octanol–water partition coefficient (Wildman–Crippen LogP) is 4.27. The van der Waals surface area contributed by atoms with Gasteiger partial charge in [0, 0.05) is 22.4 Å². The molecule has 0 aromatic heterocycles. The van der Waals surface area contributed by atoms with Gasteiger partial charge in [-0.05, 0) is 42.5 Å². The second kappa shape index (κ2) is 7.66. The molecule has 0 bridgehead atoms. The van der Waals surface area contributed by atoms with Crippen molar-refractivity contribution in [3.05, 3.63) is 64.8 Å². The minimum absolute atomic E-state index is 0.166. The van der Waals surface area contributed by atoms with Crippen LogP contribution in [0.2, 0.25) is 0 Å². The lowest BCUT2D eigenvalue weighted by atomic mass is 10.1. The van der Waals surface area contributed by atoms with E-state index in [1.807, 2.05) is 24.3 Å². The summed E-state index contributed by atoms with van der Waals surface area (Å²) < 4.78 is 11.3. The Hall–Kier alpha value is -2.27. The molecule has 0 aliphatic rings. The summed E-state index contributed by atoms with van der Waals surface area (Å²) >= 11 is 3.37. The summed E-state index contributed by atoms with van der Waals surface area (Å²) in [4.78, 5) is 12.3. The Bertz CT molecular complexity index is 681. The number of carbonyl (C=O) groups excluding carboxylic acids is 1. The molecule has 114 valence electrons. The number of rotatable bonds is 6. The van der Waals surface area contributed by atoms with Crippen molar-refractivity contribution in [2.24, 2.45) is 0 Å². The number of benzene rings is 2. The molecule has 0 aliphatic heterocycles. The fraction of sp³-hybridized carbons (Fsp3) is 0.118. The number of ketones is 1. The Kier molecular flexibility index (Phi) is 5.61. The number of halogens is 1. The highest BCUT2D eigenvalue weighted by Crippen LogP contribution is 2.24. The van der Waals surface area contributed by atoms with Crippen molar-refractivity contribution >= 4 is 27.4 Å². The quantitative estimate of drug-likeness (QED) is 0.616. The number of nitrogens with one attached hydrogen (secondary N) is 1. The zero-order chi connectivity index (χ0) is 15.9. The highest BCUT2D eigenvalue weighted by atomic mass is 79.9. The lowest BCUT2D eigenvalue weighted by Gasteiger charge is -2.08. The molecule has 0 unspecified atom stereocenters. The molecule has 0 saturated heterocycles. The predicted molar refractivity (Wildman–Crippen MR) is 90.8 cm³/mol. The summed E-state index contributed by atoms with van der Waals surface area (Å²) in [6.45, 7) is 0. The molecule has 0 amide bonds. The van der Waals surface area contributed by atoms with Gasteiger partial charge in [0.25, 0.3) is 0 Å². The number of ether oxygens (including phenoxy) is 2. The number of methoxy groups -OCH3 is 2. The Morgan fingerprint density at radius 2 is 1.82 bits per heavy atom. The van der Waals surface area contributed by atoms with Gasteiger partial charge in [-0.15, -0.1) is 0 Å². The van der Waals surface area contributed by atoms with Crippen molar-refractivity contribution in [1.29, 1.82) is 0 Å². The fourth-order valence-electron chi connectivity index (χ4n) is 1.86. The molecule has 4 nitrogen and oxygen atoms in total. The number of allylic oxidation sites excluding steroid dienone is 1. The van der Waals surface area contributed by atoms with Crippen LogP contribution in [0.5, 0.6) is 11.5 Å². The maximum atomic E-state index is 12.3. The largest absolute Gasteiger partial charge is 0.497 e. The Morgan fingerprint density at radius 3 is 2.45 bits per heavy atom. The van der Waals surface area contributed by atoms with E-state index in [0.29, 0.717) is 17.1 Å². The summed E-state index contributed by atoms with van der Waals surface area (Å²) in [7, 11) is 3.09. The second-order valence-corrected chi connectivity index (χ2v) is 5.33. The van der Waals surface area contributed by atoms with Crippen molar-refractivity contribution in [3.63, 3.8) is 0 Å². The molecule has 5 heteroatoms. The first-order chi connectivity index (χ1) is 10.6. The van der Waals surface area contributed by atoms with Gasteiger partial charge in [-0.1, -0.05) is 15.9 Å². The molecule has 2 rings (SSSR count). The molecule has 0 atom stereocenters. The molecule has 0 fully saturated rings. The van der Waals surface area contributed by atoms with Crippen LogP contribution in [0.4, 0.5) is 5.69 Å². The SMILES string of the molecule is COc1ccc(OC)c(C(=O)C=CNc2ccc(Br)cc2)c1. The highest BCUT2D eigenvalue weighted by Gasteiger charge is 2.10. The van der Waals surface area contributed by atoms with Crippen LogP contribution < -0.4 is 14.8 Å². The summed E-state index contributed by atoms with van der Waals surface area (Å²) in [6, 6.07) is 12.8. The first-order valence-electron chi connectivity index (χ1n) is 6.59. The van der Waals surface area contributed by atoms with Crippen LogP contribution in [0.3, 0.4) is 0 Å². The van der Waals surface area contributed by atoms with Gasteiger partial charge in [-0.3, -0.25) is 4.79 Å². The van der Waals surface area contributed by atoms with E-state index in [0.717, 1.165) is 10.2 Å². The van der Waals surface area contributed by atoms with Crippen LogP contribution in [-0.4, -0.2) is 20.0 Å². The summed E-state index contributed by atoms with van der Waals surface area (Å²) in [5.41, 5.74) is 1.35. The molecule has 22 heavy (non-hydrogen) atoms. The fourth-order valence-corrected chi connectivity index (χ4v) is 2.12. The number of carbonyl (C=O) groups is 1. The third-order valence-corrected chi connectivity index (χ3v) is 3.53. The molecule has 2 aromatic carbocycles. The van der Waals surface area contributed by atoms with Gasteiger partial charge in [0.15, 0.2) is 5.78 Å². The van der Waals surface area contributed by atoms with Gasteiger partial charge >= 0.3 is 0 Å². The molecular formula is C17H16BrNO3. The molecule has 0 radical (unpaired) electrons. The third-order valence-electron chi connectivity index (χ3n) is 3.00. The number of hydrogen-bond donors (Lipinski definition) is 1. The lowest BCUT2D eigenvalue weighted by molar-refractivity contribution is 0.104. The van der Waals surface area contributed by atoms with Crippen molar-refractivity contribution in [2.75, 3.05) is 19.5 Å². The van der Waals surface area contributed by atoms with Gasteiger partial charge in [-0.2, -0.15) is 0 Å². The molecule has 0 heterocycles. The average molecular weight is 362 g/mol. The zero-order valence-electron chi connectivity index (χ0n) is 12.3. The van der Waals surface area contributed by atoms with E-state index in [1.54, 1.807) is 31.5 Å². The minimum Gasteiger partial charge on any atom is -0.497 e. The molecule has 2 aromatic rings.